The maximum Gasteiger partial charge on any atom is 0.342 e. The predicted molar refractivity (Wildman–Crippen MR) is 206 cm³/mol. The highest BCUT2D eigenvalue weighted by molar-refractivity contribution is 5.98. The molecule has 0 aliphatic carbocycles. The average Bonchev–Trinajstić information content (AvgIpc) is 3.13. The molecule has 0 spiro atoms. The van der Waals surface area contributed by atoms with Crippen LogP contribution in [0.25, 0.3) is 6.08 Å². The van der Waals surface area contributed by atoms with E-state index in [0.717, 1.165) is 0 Å². The minimum absolute atomic E-state index is 0.0423. The highest BCUT2D eigenvalue weighted by Gasteiger charge is 2.32. The van der Waals surface area contributed by atoms with Crippen molar-refractivity contribution < 1.29 is 53.1 Å². The maximum atomic E-state index is 13.7. The lowest BCUT2D eigenvalue weighted by Gasteiger charge is -2.24. The van der Waals surface area contributed by atoms with Crippen molar-refractivity contribution in [3.63, 3.8) is 0 Å². The van der Waals surface area contributed by atoms with Gasteiger partial charge in [0, 0.05) is 62.0 Å². The Morgan fingerprint density at radius 3 is 2.15 bits per heavy atom. The zero-order valence-corrected chi connectivity index (χ0v) is 31.8. The van der Waals surface area contributed by atoms with E-state index in [4.69, 9.17) is 18.9 Å². The SMILES string of the molecule is COc1cc(C(CC(=O)NCCC(=O)Nc2ccc(NC(C)=O)cc2)c2c(O)cc3c(c2O)C(=O)OC(C)CCCC(=O)CCCC=C3)cc(OC)c1OC. The Balaban J connectivity index is 1.67. The van der Waals surface area contributed by atoms with E-state index in [9.17, 15) is 34.2 Å². The van der Waals surface area contributed by atoms with Crippen LogP contribution in [0.5, 0.6) is 28.7 Å². The van der Waals surface area contributed by atoms with Gasteiger partial charge in [-0.2, -0.15) is 0 Å². The Kier molecular flexibility index (Phi) is 15.1. The number of methoxy groups -OCH3 is 3. The third-order valence-electron chi connectivity index (χ3n) is 9.04. The number of aromatic hydroxyl groups is 2. The summed E-state index contributed by atoms with van der Waals surface area (Å²) in [4.78, 5) is 63.5. The van der Waals surface area contributed by atoms with Crippen LogP contribution < -0.4 is 30.2 Å². The molecule has 1 heterocycles. The smallest absolute Gasteiger partial charge is 0.342 e. The molecule has 1 aliphatic heterocycles. The van der Waals surface area contributed by atoms with Crippen LogP contribution in [-0.4, -0.2) is 73.7 Å². The van der Waals surface area contributed by atoms with Gasteiger partial charge in [0.2, 0.25) is 23.5 Å². The molecule has 55 heavy (non-hydrogen) atoms. The minimum atomic E-state index is -1.08. The second-order valence-corrected chi connectivity index (χ2v) is 13.2. The molecule has 14 nitrogen and oxygen atoms in total. The fraction of sp³-hybridized carbons (Fsp3) is 0.390. The first kappa shape index (κ1) is 41.7. The summed E-state index contributed by atoms with van der Waals surface area (Å²) in [6.45, 7) is 3.05. The number of carbonyl (C=O) groups excluding carboxylic acids is 5. The lowest BCUT2D eigenvalue weighted by atomic mass is 9.84. The molecule has 2 unspecified atom stereocenters. The number of cyclic esters (lactones) is 1. The molecule has 2 atom stereocenters. The standard InChI is InChI=1S/C41H49N3O11/c1-24-10-9-13-30(46)12-8-6-7-11-26-20-32(47)38(39(50)37(26)41(51)55-24)31(27-21-33(52-3)40(54-5)34(22-27)53-4)23-36(49)42-19-18-35(48)44-29-16-14-28(15-17-29)43-25(2)45/h7,11,14-17,20-22,24,31,47,50H,6,8-10,12-13,18-19,23H2,1-5H3,(H,42,49)(H,43,45)(H,44,48). The van der Waals surface area contributed by atoms with Gasteiger partial charge in [0.25, 0.3) is 0 Å². The number of phenols is 2. The number of hydrogen-bond donors (Lipinski definition) is 5. The zero-order valence-electron chi connectivity index (χ0n) is 31.8. The largest absolute Gasteiger partial charge is 0.507 e. The number of carbonyl (C=O) groups is 5. The van der Waals surface area contributed by atoms with Gasteiger partial charge in [0.1, 0.15) is 22.8 Å². The lowest BCUT2D eigenvalue weighted by molar-refractivity contribution is -0.122. The second-order valence-electron chi connectivity index (χ2n) is 13.2. The van der Waals surface area contributed by atoms with Crippen molar-refractivity contribution in [2.75, 3.05) is 38.5 Å². The zero-order chi connectivity index (χ0) is 40.1. The van der Waals surface area contributed by atoms with Gasteiger partial charge >= 0.3 is 5.97 Å². The van der Waals surface area contributed by atoms with Gasteiger partial charge in [-0.25, -0.2) is 4.79 Å². The van der Waals surface area contributed by atoms with Crippen LogP contribution in [0.15, 0.2) is 48.5 Å². The molecule has 0 saturated heterocycles. The molecule has 0 aromatic heterocycles. The Hall–Kier alpha value is -6.05. The number of esters is 1. The van der Waals surface area contributed by atoms with E-state index >= 15 is 0 Å². The number of nitrogens with one attached hydrogen (secondary N) is 3. The molecule has 294 valence electrons. The van der Waals surface area contributed by atoms with Crippen LogP contribution in [0, 0.1) is 0 Å². The Morgan fingerprint density at radius 1 is 0.891 bits per heavy atom. The van der Waals surface area contributed by atoms with Gasteiger partial charge in [-0.15, -0.1) is 0 Å². The Bertz CT molecular complexity index is 1880. The van der Waals surface area contributed by atoms with Crippen molar-refractivity contribution in [1.29, 1.82) is 0 Å². The third kappa shape index (κ3) is 11.5. The molecule has 3 amide bonds. The topological polar surface area (TPSA) is 199 Å². The molecule has 5 N–H and O–H groups in total. The van der Waals surface area contributed by atoms with Crippen LogP contribution in [0.3, 0.4) is 0 Å². The van der Waals surface area contributed by atoms with Crippen LogP contribution in [0.2, 0.25) is 0 Å². The van der Waals surface area contributed by atoms with Crippen LogP contribution in [0.1, 0.15) is 98.2 Å². The quantitative estimate of drug-likeness (QED) is 0.131. The summed E-state index contributed by atoms with van der Waals surface area (Å²) in [7, 11) is 4.28. The van der Waals surface area contributed by atoms with E-state index in [0.29, 0.717) is 55.5 Å². The number of Topliss-reactive ketones (excluding diaryl/α,β-unsaturated/α-hetero) is 1. The second kappa shape index (κ2) is 19.9. The number of anilines is 2. The third-order valence-corrected chi connectivity index (χ3v) is 9.04. The Labute approximate surface area is 320 Å². The van der Waals surface area contributed by atoms with Crippen molar-refractivity contribution in [3.05, 3.63) is 70.8 Å². The summed E-state index contributed by atoms with van der Waals surface area (Å²) in [5, 5.41) is 31.6. The Morgan fingerprint density at radius 2 is 1.53 bits per heavy atom. The van der Waals surface area contributed by atoms with Gasteiger partial charge in [-0.1, -0.05) is 12.2 Å². The fourth-order valence-corrected chi connectivity index (χ4v) is 6.34. The van der Waals surface area contributed by atoms with Crippen molar-refractivity contribution in [2.24, 2.45) is 0 Å². The molecule has 3 aromatic rings. The minimum Gasteiger partial charge on any atom is -0.507 e. The number of fused-ring (bicyclic) bond motifs is 1. The summed E-state index contributed by atoms with van der Waals surface area (Å²) in [5.41, 5.74) is 1.34. The molecule has 0 radical (unpaired) electrons. The first-order valence-corrected chi connectivity index (χ1v) is 18.1. The van der Waals surface area contributed by atoms with Crippen LogP contribution in [-0.2, 0) is 23.9 Å². The van der Waals surface area contributed by atoms with Gasteiger partial charge in [-0.05, 0) is 86.2 Å². The summed E-state index contributed by atoms with van der Waals surface area (Å²) in [6, 6.07) is 11.0. The number of hydrogen-bond acceptors (Lipinski definition) is 11. The van der Waals surface area contributed by atoms with Gasteiger partial charge in [0.05, 0.1) is 27.4 Å². The molecular formula is C41H49N3O11. The van der Waals surface area contributed by atoms with Gasteiger partial charge in [-0.3, -0.25) is 19.2 Å². The first-order chi connectivity index (χ1) is 26.3. The number of phenolic OH excluding ortho intramolecular Hbond substituents is 2. The fourth-order valence-electron chi connectivity index (χ4n) is 6.34. The molecule has 0 saturated carbocycles. The molecule has 14 heteroatoms. The predicted octanol–water partition coefficient (Wildman–Crippen LogP) is 6.23. The molecule has 0 fully saturated rings. The van der Waals surface area contributed by atoms with Crippen LogP contribution in [0.4, 0.5) is 11.4 Å². The van der Waals surface area contributed by atoms with Crippen LogP contribution >= 0.6 is 0 Å². The molecule has 4 rings (SSSR count). The van der Waals surface area contributed by atoms with E-state index in [1.165, 1.54) is 34.3 Å². The molecule has 3 aromatic carbocycles. The van der Waals surface area contributed by atoms with E-state index in [-0.39, 0.29) is 70.9 Å². The van der Waals surface area contributed by atoms with E-state index in [1.807, 2.05) is 0 Å². The number of ketones is 1. The summed E-state index contributed by atoms with van der Waals surface area (Å²) >= 11 is 0. The molecular weight excluding hydrogens is 710 g/mol. The van der Waals surface area contributed by atoms with Crippen molar-refractivity contribution in [1.82, 2.24) is 5.32 Å². The van der Waals surface area contributed by atoms with Crippen molar-refractivity contribution in [2.45, 2.75) is 77.2 Å². The van der Waals surface area contributed by atoms with E-state index in [1.54, 1.807) is 55.5 Å². The highest BCUT2D eigenvalue weighted by Crippen LogP contribution is 2.47. The number of benzene rings is 3. The number of rotatable bonds is 12. The average molecular weight is 760 g/mol. The van der Waals surface area contributed by atoms with Gasteiger partial charge < -0.3 is 45.1 Å². The maximum absolute atomic E-state index is 13.7. The highest BCUT2D eigenvalue weighted by atomic mass is 16.5. The van der Waals surface area contributed by atoms with Gasteiger partial charge in [0.15, 0.2) is 11.5 Å². The van der Waals surface area contributed by atoms with Crippen molar-refractivity contribution in [3.8, 4) is 28.7 Å². The summed E-state index contributed by atoms with van der Waals surface area (Å²) in [5.74, 6) is -3.11. The molecule has 1 aliphatic rings. The number of amides is 3. The van der Waals surface area contributed by atoms with E-state index < -0.39 is 35.4 Å². The molecule has 0 bridgehead atoms. The monoisotopic (exact) mass is 759 g/mol. The van der Waals surface area contributed by atoms with Crippen molar-refractivity contribution >= 4 is 46.9 Å². The summed E-state index contributed by atoms with van der Waals surface area (Å²) in [6.07, 6.45) is 5.25. The lowest BCUT2D eigenvalue weighted by Crippen LogP contribution is -2.29. The number of allylic oxidation sites excluding steroid dienone is 1. The first-order valence-electron chi connectivity index (χ1n) is 18.1. The van der Waals surface area contributed by atoms with E-state index in [2.05, 4.69) is 16.0 Å². The summed E-state index contributed by atoms with van der Waals surface area (Å²) < 4.78 is 22.3. The normalized spacial score (nSPS) is 15.4. The number of ether oxygens (including phenoxy) is 4.